The zero-order chi connectivity index (χ0) is 12.5. The highest BCUT2D eigenvalue weighted by molar-refractivity contribution is 7.89. The number of nitrogens with two attached hydrogens (primary N) is 1. The van der Waals surface area contributed by atoms with Gasteiger partial charge in [-0.15, -0.1) is 0 Å². The van der Waals surface area contributed by atoms with Gasteiger partial charge >= 0.3 is 0 Å². The second kappa shape index (κ2) is 4.42. The van der Waals surface area contributed by atoms with Gasteiger partial charge in [0.1, 0.15) is 4.90 Å². The smallest absolute Gasteiger partial charge is 0.246 e. The van der Waals surface area contributed by atoms with E-state index in [-0.39, 0.29) is 16.8 Å². The van der Waals surface area contributed by atoms with Crippen molar-refractivity contribution >= 4 is 15.8 Å². The van der Waals surface area contributed by atoms with Gasteiger partial charge in [0.25, 0.3) is 0 Å². The molecular formula is C9H18N4O2S. The molecule has 1 rings (SSSR count). The number of hydrogen-bond donors (Lipinski definition) is 2. The molecule has 0 bridgehead atoms. The number of rotatable bonds is 4. The molecule has 16 heavy (non-hydrogen) atoms. The Morgan fingerprint density at radius 3 is 2.50 bits per heavy atom. The van der Waals surface area contributed by atoms with Crippen LogP contribution in [0.4, 0.5) is 5.82 Å². The van der Waals surface area contributed by atoms with Gasteiger partial charge in [0, 0.05) is 13.1 Å². The van der Waals surface area contributed by atoms with E-state index in [1.807, 2.05) is 6.92 Å². The van der Waals surface area contributed by atoms with Gasteiger partial charge in [-0.25, -0.2) is 13.1 Å². The van der Waals surface area contributed by atoms with Crippen LogP contribution in [0.5, 0.6) is 0 Å². The Bertz CT molecular complexity index is 478. The number of anilines is 1. The number of aryl methyl sites for hydroxylation is 1. The van der Waals surface area contributed by atoms with Crippen LogP contribution in [-0.2, 0) is 17.1 Å². The molecule has 6 nitrogen and oxygen atoms in total. The van der Waals surface area contributed by atoms with Crippen LogP contribution < -0.4 is 10.5 Å². The van der Waals surface area contributed by atoms with Crippen molar-refractivity contribution in [3.8, 4) is 0 Å². The van der Waals surface area contributed by atoms with E-state index in [1.54, 1.807) is 20.9 Å². The van der Waals surface area contributed by atoms with Gasteiger partial charge in [-0.05, 0) is 20.3 Å². The van der Waals surface area contributed by atoms with Crippen molar-refractivity contribution < 1.29 is 8.42 Å². The summed E-state index contributed by atoms with van der Waals surface area (Å²) in [6, 6.07) is -0.121. The maximum Gasteiger partial charge on any atom is 0.246 e. The first-order valence-electron chi connectivity index (χ1n) is 5.11. The molecule has 0 saturated heterocycles. The molecule has 7 heteroatoms. The van der Waals surface area contributed by atoms with Crippen LogP contribution in [0.1, 0.15) is 26.0 Å². The summed E-state index contributed by atoms with van der Waals surface area (Å²) < 4.78 is 28.0. The summed E-state index contributed by atoms with van der Waals surface area (Å²) in [5, 5.41) is 3.89. The first-order chi connectivity index (χ1) is 7.29. The predicted molar refractivity (Wildman–Crippen MR) is 62.4 cm³/mol. The van der Waals surface area contributed by atoms with E-state index in [2.05, 4.69) is 9.82 Å². The summed E-state index contributed by atoms with van der Waals surface area (Å²) >= 11 is 0. The fourth-order valence-electron chi connectivity index (χ4n) is 1.35. The minimum Gasteiger partial charge on any atom is -0.381 e. The van der Waals surface area contributed by atoms with Crippen LogP contribution in [-0.4, -0.2) is 24.2 Å². The van der Waals surface area contributed by atoms with E-state index >= 15 is 0 Å². The van der Waals surface area contributed by atoms with Crippen molar-refractivity contribution in [2.24, 2.45) is 7.05 Å². The van der Waals surface area contributed by atoms with E-state index in [0.717, 1.165) is 6.42 Å². The molecule has 0 spiro atoms. The third-order valence-electron chi connectivity index (χ3n) is 2.54. The number of hydrogen-bond acceptors (Lipinski definition) is 4. The maximum atomic E-state index is 12.0. The number of aromatic nitrogens is 2. The molecule has 1 aromatic rings. The van der Waals surface area contributed by atoms with E-state index in [1.165, 1.54) is 4.68 Å². The summed E-state index contributed by atoms with van der Waals surface area (Å²) in [7, 11) is -1.91. The van der Waals surface area contributed by atoms with Gasteiger partial charge < -0.3 is 5.73 Å². The molecule has 0 radical (unpaired) electrons. The van der Waals surface area contributed by atoms with Crippen LogP contribution >= 0.6 is 0 Å². The highest BCUT2D eigenvalue weighted by atomic mass is 32.2. The first kappa shape index (κ1) is 13.0. The van der Waals surface area contributed by atoms with Crippen LogP contribution in [0.25, 0.3) is 0 Å². The Morgan fingerprint density at radius 1 is 1.56 bits per heavy atom. The lowest BCUT2D eigenvalue weighted by atomic mass is 10.3. The topological polar surface area (TPSA) is 90.0 Å². The highest BCUT2D eigenvalue weighted by Gasteiger charge is 2.25. The number of nitrogen functional groups attached to an aromatic ring is 1. The van der Waals surface area contributed by atoms with Gasteiger partial charge in [0.2, 0.25) is 10.0 Å². The lowest BCUT2D eigenvalue weighted by Gasteiger charge is -2.11. The molecule has 0 fully saturated rings. The first-order valence-corrected chi connectivity index (χ1v) is 6.59. The van der Waals surface area contributed by atoms with Gasteiger partial charge in [0.05, 0.1) is 5.69 Å². The Kier molecular flexibility index (Phi) is 3.59. The fraction of sp³-hybridized carbons (Fsp3) is 0.667. The van der Waals surface area contributed by atoms with Crippen molar-refractivity contribution in [3.05, 3.63) is 5.69 Å². The zero-order valence-corrected chi connectivity index (χ0v) is 10.8. The third kappa shape index (κ3) is 2.35. The minimum atomic E-state index is -3.57. The Hall–Kier alpha value is -1.08. The average molecular weight is 246 g/mol. The van der Waals surface area contributed by atoms with E-state index < -0.39 is 10.0 Å². The minimum absolute atomic E-state index is 0.0378. The average Bonchev–Trinajstić information content (AvgIpc) is 2.40. The SMILES string of the molecule is CCC(C)NS(=O)(=O)c1c(N)nn(C)c1C. The molecule has 0 aliphatic heterocycles. The third-order valence-corrected chi connectivity index (χ3v) is 4.30. The van der Waals surface area contributed by atoms with Gasteiger partial charge in [0.15, 0.2) is 5.82 Å². The standard InChI is InChI=1S/C9H18N4O2S/c1-5-6(2)12-16(14,15)8-7(3)13(4)11-9(8)10/h6,12H,5H2,1-4H3,(H2,10,11). The lowest BCUT2D eigenvalue weighted by molar-refractivity contribution is 0.555. The summed E-state index contributed by atoms with van der Waals surface area (Å²) in [6.07, 6.45) is 0.721. The van der Waals surface area contributed by atoms with Crippen LogP contribution in [0, 0.1) is 6.92 Å². The maximum absolute atomic E-state index is 12.0. The van der Waals surface area contributed by atoms with E-state index in [4.69, 9.17) is 5.73 Å². The number of nitrogens with one attached hydrogen (secondary N) is 1. The number of sulfonamides is 1. The van der Waals surface area contributed by atoms with Crippen molar-refractivity contribution in [3.63, 3.8) is 0 Å². The van der Waals surface area contributed by atoms with Crippen molar-refractivity contribution in [1.29, 1.82) is 0 Å². The molecule has 1 atom stereocenters. The Labute approximate surface area is 95.9 Å². The highest BCUT2D eigenvalue weighted by Crippen LogP contribution is 2.21. The molecule has 3 N–H and O–H groups in total. The second-order valence-electron chi connectivity index (χ2n) is 3.85. The van der Waals surface area contributed by atoms with Gasteiger partial charge in [-0.1, -0.05) is 6.92 Å². The van der Waals surface area contributed by atoms with E-state index in [9.17, 15) is 8.42 Å². The van der Waals surface area contributed by atoms with Gasteiger partial charge in [-0.2, -0.15) is 5.10 Å². The molecule has 1 heterocycles. The molecule has 0 aliphatic carbocycles. The Balaban J connectivity index is 3.17. The Morgan fingerprint density at radius 2 is 2.12 bits per heavy atom. The quantitative estimate of drug-likeness (QED) is 0.804. The van der Waals surface area contributed by atoms with Crippen LogP contribution in [0.15, 0.2) is 4.90 Å². The molecule has 92 valence electrons. The summed E-state index contributed by atoms with van der Waals surface area (Å²) in [6.45, 7) is 5.39. The summed E-state index contributed by atoms with van der Waals surface area (Å²) in [5.41, 5.74) is 6.13. The van der Waals surface area contributed by atoms with Crippen molar-refractivity contribution in [2.45, 2.75) is 38.1 Å². The molecule has 0 aliphatic rings. The molecule has 0 aromatic carbocycles. The molecule has 0 saturated carbocycles. The van der Waals surface area contributed by atoms with Crippen molar-refractivity contribution in [2.75, 3.05) is 5.73 Å². The molecule has 0 amide bonds. The second-order valence-corrected chi connectivity index (χ2v) is 5.50. The predicted octanol–water partition coefficient (Wildman–Crippen LogP) is 0.388. The van der Waals surface area contributed by atoms with Crippen LogP contribution in [0.2, 0.25) is 0 Å². The molecular weight excluding hydrogens is 228 g/mol. The summed E-state index contributed by atoms with van der Waals surface area (Å²) in [5.74, 6) is 0.0378. The van der Waals surface area contributed by atoms with Crippen molar-refractivity contribution in [1.82, 2.24) is 14.5 Å². The normalized spacial score (nSPS) is 14.0. The van der Waals surface area contributed by atoms with Gasteiger partial charge in [-0.3, -0.25) is 4.68 Å². The monoisotopic (exact) mass is 246 g/mol. The number of nitrogens with zero attached hydrogens (tertiary/aromatic N) is 2. The summed E-state index contributed by atoms with van der Waals surface area (Å²) in [4.78, 5) is 0.0790. The molecule has 1 unspecified atom stereocenters. The largest absolute Gasteiger partial charge is 0.381 e. The fourth-order valence-corrected chi connectivity index (χ4v) is 3.00. The lowest BCUT2D eigenvalue weighted by Crippen LogP contribution is -2.32. The zero-order valence-electron chi connectivity index (χ0n) is 9.98. The molecule has 1 aromatic heterocycles. The van der Waals surface area contributed by atoms with E-state index in [0.29, 0.717) is 5.69 Å². The van der Waals surface area contributed by atoms with Crippen LogP contribution in [0.3, 0.4) is 0 Å².